The van der Waals surface area contributed by atoms with Gasteiger partial charge in [-0.05, 0) is 25.8 Å². The van der Waals surface area contributed by atoms with Crippen molar-refractivity contribution in [2.75, 3.05) is 6.54 Å². The average molecular weight is 191 g/mol. The average Bonchev–Trinajstić information content (AvgIpc) is 2.94. The molecule has 14 heavy (non-hydrogen) atoms. The van der Waals surface area contributed by atoms with Crippen LogP contribution in [0, 0.1) is 0 Å². The summed E-state index contributed by atoms with van der Waals surface area (Å²) in [7, 11) is 0. The van der Waals surface area contributed by atoms with Gasteiger partial charge in [0.05, 0.1) is 12.0 Å². The predicted octanol–water partition coefficient (Wildman–Crippen LogP) is 1.88. The Kier molecular flexibility index (Phi) is 2.99. The van der Waals surface area contributed by atoms with Crippen molar-refractivity contribution in [2.24, 2.45) is 0 Å². The van der Waals surface area contributed by atoms with Crippen LogP contribution in [0.1, 0.15) is 31.0 Å². The molecule has 76 valence electrons. The van der Waals surface area contributed by atoms with E-state index in [1.807, 2.05) is 18.6 Å². The zero-order valence-electron chi connectivity index (χ0n) is 8.45. The second-order valence-corrected chi connectivity index (χ2v) is 3.78. The minimum Gasteiger partial charge on any atom is -0.330 e. The molecule has 0 bridgehead atoms. The Hall–Kier alpha value is -1.09. The Morgan fingerprint density at radius 2 is 2.50 bits per heavy atom. The van der Waals surface area contributed by atoms with Crippen LogP contribution >= 0.6 is 0 Å². The first-order valence-electron chi connectivity index (χ1n) is 5.24. The summed E-state index contributed by atoms with van der Waals surface area (Å²) in [4.78, 5) is 4.19. The van der Waals surface area contributed by atoms with E-state index in [-0.39, 0.29) is 0 Å². The molecule has 1 aromatic heterocycles. The number of nitrogens with zero attached hydrogens (tertiary/aromatic N) is 2. The molecule has 3 heteroatoms. The van der Waals surface area contributed by atoms with Crippen molar-refractivity contribution in [3.8, 4) is 0 Å². The molecule has 0 aromatic carbocycles. The van der Waals surface area contributed by atoms with Crippen LogP contribution in [0.5, 0.6) is 0 Å². The summed E-state index contributed by atoms with van der Waals surface area (Å²) in [6.45, 7) is 5.61. The van der Waals surface area contributed by atoms with E-state index in [1.54, 1.807) is 0 Å². The third-order valence-corrected chi connectivity index (χ3v) is 2.52. The van der Waals surface area contributed by atoms with Crippen molar-refractivity contribution < 1.29 is 0 Å². The van der Waals surface area contributed by atoms with E-state index in [0.29, 0.717) is 0 Å². The molecule has 0 atom stereocenters. The molecule has 0 aliphatic heterocycles. The van der Waals surface area contributed by atoms with Gasteiger partial charge in [-0.3, -0.25) is 0 Å². The topological polar surface area (TPSA) is 29.9 Å². The van der Waals surface area contributed by atoms with Gasteiger partial charge in [-0.2, -0.15) is 0 Å². The van der Waals surface area contributed by atoms with Gasteiger partial charge in [0.1, 0.15) is 0 Å². The molecule has 0 saturated heterocycles. The molecule has 0 amide bonds. The Morgan fingerprint density at radius 1 is 1.64 bits per heavy atom. The fraction of sp³-hybridized carbons (Fsp3) is 0.545. The zero-order chi connectivity index (χ0) is 9.80. The summed E-state index contributed by atoms with van der Waals surface area (Å²) < 4.78 is 2.29. The summed E-state index contributed by atoms with van der Waals surface area (Å²) in [6, 6.07) is 0.730. The van der Waals surface area contributed by atoms with Crippen molar-refractivity contribution >= 4 is 0 Å². The van der Waals surface area contributed by atoms with Crippen LogP contribution < -0.4 is 5.32 Å². The summed E-state index contributed by atoms with van der Waals surface area (Å²) in [5.74, 6) is 0. The Labute approximate surface area is 84.8 Å². The quantitative estimate of drug-likeness (QED) is 0.549. The number of hydrogen-bond donors (Lipinski definition) is 1. The Morgan fingerprint density at radius 3 is 3.21 bits per heavy atom. The Balaban J connectivity index is 1.82. The second-order valence-electron chi connectivity index (χ2n) is 3.78. The molecular weight excluding hydrogens is 174 g/mol. The molecule has 1 aliphatic carbocycles. The lowest BCUT2D eigenvalue weighted by Gasteiger charge is -2.06. The van der Waals surface area contributed by atoms with Crippen LogP contribution in [0.2, 0.25) is 0 Å². The summed E-state index contributed by atoms with van der Waals surface area (Å²) in [5.41, 5.74) is 1.30. The molecule has 1 heterocycles. The van der Waals surface area contributed by atoms with Crippen molar-refractivity contribution in [1.29, 1.82) is 0 Å². The second kappa shape index (κ2) is 4.42. The maximum absolute atomic E-state index is 4.19. The number of imidazole rings is 1. The van der Waals surface area contributed by atoms with Crippen molar-refractivity contribution in [3.05, 3.63) is 30.9 Å². The highest BCUT2D eigenvalue weighted by Crippen LogP contribution is 2.35. The lowest BCUT2D eigenvalue weighted by Crippen LogP contribution is -2.16. The van der Waals surface area contributed by atoms with E-state index in [2.05, 4.69) is 21.4 Å². The molecule has 2 rings (SSSR count). The number of hydrogen-bond acceptors (Lipinski definition) is 2. The van der Waals surface area contributed by atoms with Crippen molar-refractivity contribution in [2.45, 2.75) is 31.8 Å². The molecule has 1 fully saturated rings. The lowest BCUT2D eigenvalue weighted by atomic mass is 10.4. The van der Waals surface area contributed by atoms with Gasteiger partial charge < -0.3 is 9.88 Å². The first-order valence-corrected chi connectivity index (χ1v) is 5.24. The van der Waals surface area contributed by atoms with E-state index in [1.165, 1.54) is 18.5 Å². The molecule has 1 saturated carbocycles. The van der Waals surface area contributed by atoms with Gasteiger partial charge in [0.2, 0.25) is 0 Å². The highest BCUT2D eigenvalue weighted by atomic mass is 15.1. The molecule has 0 unspecified atom stereocenters. The van der Waals surface area contributed by atoms with Crippen molar-refractivity contribution in [1.82, 2.24) is 14.9 Å². The lowest BCUT2D eigenvalue weighted by molar-refractivity contribution is 0.624. The highest BCUT2D eigenvalue weighted by Gasteiger charge is 2.24. The van der Waals surface area contributed by atoms with E-state index >= 15 is 0 Å². The molecule has 1 aliphatic rings. The van der Waals surface area contributed by atoms with Crippen LogP contribution in [0.3, 0.4) is 0 Å². The third kappa shape index (κ3) is 2.23. The summed E-state index contributed by atoms with van der Waals surface area (Å²) >= 11 is 0. The fourth-order valence-corrected chi connectivity index (χ4v) is 1.57. The van der Waals surface area contributed by atoms with E-state index in [4.69, 9.17) is 0 Å². The standard InChI is InChI=1S/C11H17N3/c1-2-3-6-12-7-11-8-13-9-14(11)10-4-5-10/h2,8-10,12H,1,3-7H2. The maximum atomic E-state index is 4.19. The normalized spacial score (nSPS) is 15.7. The van der Waals surface area contributed by atoms with E-state index < -0.39 is 0 Å². The van der Waals surface area contributed by atoms with Gasteiger partial charge in [0, 0.05) is 18.8 Å². The van der Waals surface area contributed by atoms with Crippen LogP contribution in [0.4, 0.5) is 0 Å². The monoisotopic (exact) mass is 191 g/mol. The molecule has 3 nitrogen and oxygen atoms in total. The largest absolute Gasteiger partial charge is 0.330 e. The Bertz CT molecular complexity index is 299. The van der Waals surface area contributed by atoms with Gasteiger partial charge in [-0.25, -0.2) is 4.98 Å². The molecule has 0 spiro atoms. The molecule has 0 radical (unpaired) electrons. The molecule has 1 aromatic rings. The fourth-order valence-electron chi connectivity index (χ4n) is 1.57. The van der Waals surface area contributed by atoms with Gasteiger partial charge in [0.15, 0.2) is 0 Å². The van der Waals surface area contributed by atoms with Crippen LogP contribution in [0.25, 0.3) is 0 Å². The van der Waals surface area contributed by atoms with Gasteiger partial charge >= 0.3 is 0 Å². The van der Waals surface area contributed by atoms with Gasteiger partial charge in [-0.1, -0.05) is 6.08 Å². The number of nitrogens with one attached hydrogen (secondary N) is 1. The number of rotatable bonds is 6. The maximum Gasteiger partial charge on any atom is 0.0951 e. The zero-order valence-corrected chi connectivity index (χ0v) is 8.45. The van der Waals surface area contributed by atoms with Crippen LogP contribution in [-0.2, 0) is 6.54 Å². The van der Waals surface area contributed by atoms with Crippen LogP contribution in [-0.4, -0.2) is 16.1 Å². The minimum absolute atomic E-state index is 0.730. The minimum atomic E-state index is 0.730. The SMILES string of the molecule is C=CCCNCc1cncn1C1CC1. The van der Waals surface area contributed by atoms with Gasteiger partial charge in [-0.15, -0.1) is 6.58 Å². The van der Waals surface area contributed by atoms with Gasteiger partial charge in [0.25, 0.3) is 0 Å². The third-order valence-electron chi connectivity index (χ3n) is 2.52. The van der Waals surface area contributed by atoms with Crippen LogP contribution in [0.15, 0.2) is 25.2 Å². The first-order chi connectivity index (χ1) is 6.92. The highest BCUT2D eigenvalue weighted by molar-refractivity contribution is 5.03. The predicted molar refractivity (Wildman–Crippen MR) is 57.0 cm³/mol. The van der Waals surface area contributed by atoms with Crippen molar-refractivity contribution in [3.63, 3.8) is 0 Å². The summed E-state index contributed by atoms with van der Waals surface area (Å²) in [6.07, 6.45) is 9.50. The number of aromatic nitrogens is 2. The molecule has 1 N–H and O–H groups in total. The van der Waals surface area contributed by atoms with E-state index in [9.17, 15) is 0 Å². The van der Waals surface area contributed by atoms with E-state index in [0.717, 1.165) is 25.6 Å². The molecular formula is C11H17N3. The smallest absolute Gasteiger partial charge is 0.0951 e. The first kappa shape index (κ1) is 9.46. The summed E-state index contributed by atoms with van der Waals surface area (Å²) in [5, 5.41) is 3.38.